The number of hydrogen-bond donors (Lipinski definition) is 3. The molecule has 0 aliphatic rings. The van der Waals surface area contributed by atoms with Gasteiger partial charge in [-0.1, -0.05) is 14.9 Å². The number of nitrogens with two attached hydrogens (primary N) is 3. The molecule has 6 nitrogen and oxygen atoms in total. The lowest BCUT2D eigenvalue weighted by Crippen LogP contribution is -2.02. The quantitative estimate of drug-likeness (QED) is 0.188. The molecule has 0 aliphatic carbocycles. The summed E-state index contributed by atoms with van der Waals surface area (Å²) in [7, 11) is 0. The normalized spacial score (nSPS) is 2.09. The molecule has 0 saturated carbocycles. The smallest absolute Gasteiger partial charge is 0.181 e. The number of hydrazine groups is 1. The SMILES string of the molecule is C.C.N#CC#N.N#CN.NN. The Morgan fingerprint density at radius 2 is 0.909 bits per heavy atom. The molecular formula is C5H14N6. The minimum atomic E-state index is 0. The first-order valence-electron chi connectivity index (χ1n) is 1.54. The van der Waals surface area contributed by atoms with Gasteiger partial charge in [0.15, 0.2) is 18.3 Å². The van der Waals surface area contributed by atoms with E-state index in [4.69, 9.17) is 15.8 Å². The molecule has 0 bridgehead atoms. The molecule has 0 heterocycles. The second kappa shape index (κ2) is 299. The molecule has 0 rings (SSSR count). The summed E-state index contributed by atoms with van der Waals surface area (Å²) in [5.41, 5.74) is 4.15. The zero-order chi connectivity index (χ0) is 8.12. The average Bonchev–Trinajstić information content (AvgIpc) is 1.94. The van der Waals surface area contributed by atoms with Crippen molar-refractivity contribution in [3.8, 4) is 18.3 Å². The maximum Gasteiger partial charge on any atom is 0.181 e. The van der Waals surface area contributed by atoms with Crippen molar-refractivity contribution in [1.29, 1.82) is 15.8 Å². The van der Waals surface area contributed by atoms with Crippen molar-refractivity contribution in [2.45, 2.75) is 14.9 Å². The molecule has 0 spiro atoms. The highest BCUT2D eigenvalue weighted by Crippen LogP contribution is 1.27. The molecule has 0 aromatic rings. The third-order valence-electron chi connectivity index (χ3n) is 0.0500. The van der Waals surface area contributed by atoms with Crippen molar-refractivity contribution < 1.29 is 0 Å². The number of rotatable bonds is 0. The molecule has 0 saturated heterocycles. The van der Waals surface area contributed by atoms with Crippen LogP contribution >= 0.6 is 0 Å². The third kappa shape index (κ3) is 478. The van der Waals surface area contributed by atoms with Crippen LogP contribution in [-0.4, -0.2) is 0 Å². The Morgan fingerprint density at radius 1 is 0.818 bits per heavy atom. The zero-order valence-corrected chi connectivity index (χ0v) is 4.57. The molecule has 0 aliphatic heterocycles. The van der Waals surface area contributed by atoms with Gasteiger partial charge in [-0.05, 0) is 0 Å². The second-order valence-electron chi connectivity index (χ2n) is 0.353. The Morgan fingerprint density at radius 3 is 0.909 bits per heavy atom. The lowest BCUT2D eigenvalue weighted by Gasteiger charge is -1.27. The van der Waals surface area contributed by atoms with E-state index in [1.54, 1.807) is 0 Å². The average molecular weight is 158 g/mol. The molecular weight excluding hydrogens is 144 g/mol. The second-order valence-corrected chi connectivity index (χ2v) is 0.353. The highest BCUT2D eigenvalue weighted by Gasteiger charge is 1.39. The predicted octanol–water partition coefficient (Wildman–Crippen LogP) is -0.449. The van der Waals surface area contributed by atoms with Crippen LogP contribution in [0.25, 0.3) is 0 Å². The summed E-state index contributed by atoms with van der Waals surface area (Å²) >= 11 is 0. The van der Waals surface area contributed by atoms with Crippen molar-refractivity contribution in [1.82, 2.24) is 0 Å². The summed E-state index contributed by atoms with van der Waals surface area (Å²) in [6.07, 6.45) is 1.25. The fraction of sp³-hybridized carbons (Fsp3) is 0.400. The van der Waals surface area contributed by atoms with E-state index in [9.17, 15) is 0 Å². The highest BCUT2D eigenvalue weighted by molar-refractivity contribution is 4.99. The molecule has 0 fully saturated rings. The first-order valence-corrected chi connectivity index (χ1v) is 1.54. The van der Waals surface area contributed by atoms with Crippen molar-refractivity contribution in [3.63, 3.8) is 0 Å². The van der Waals surface area contributed by atoms with Gasteiger partial charge < -0.3 is 5.73 Å². The van der Waals surface area contributed by atoms with E-state index < -0.39 is 0 Å². The van der Waals surface area contributed by atoms with Crippen molar-refractivity contribution in [2.24, 2.45) is 17.4 Å². The molecule has 0 amide bonds. The molecule has 6 heteroatoms. The fourth-order valence-corrected chi connectivity index (χ4v) is 0. The van der Waals surface area contributed by atoms with E-state index in [1.807, 2.05) is 0 Å². The Balaban J connectivity index is -0.0000000158. The van der Waals surface area contributed by atoms with Gasteiger partial charge in [0.25, 0.3) is 0 Å². The van der Waals surface area contributed by atoms with Crippen LogP contribution < -0.4 is 17.4 Å². The standard InChI is InChI=1S/C2N2.CH2N2.2CH4.H4N2/c3-1-2-4;2-1-3;;;1-2/h;2H2;2*1H4;1-2H2. The van der Waals surface area contributed by atoms with Gasteiger partial charge in [0.2, 0.25) is 0 Å². The van der Waals surface area contributed by atoms with Gasteiger partial charge in [0.05, 0.1) is 0 Å². The van der Waals surface area contributed by atoms with Crippen LogP contribution in [0.15, 0.2) is 0 Å². The van der Waals surface area contributed by atoms with Crippen molar-refractivity contribution >= 4 is 0 Å². The van der Waals surface area contributed by atoms with Crippen molar-refractivity contribution in [3.05, 3.63) is 0 Å². The maximum absolute atomic E-state index is 7.26. The lowest BCUT2D eigenvalue weighted by atomic mass is 10.9. The molecule has 6 N–H and O–H groups in total. The number of hydrogen-bond acceptors (Lipinski definition) is 6. The van der Waals surface area contributed by atoms with E-state index in [1.165, 1.54) is 18.3 Å². The minimum Gasteiger partial charge on any atom is -0.337 e. The van der Waals surface area contributed by atoms with Crippen LogP contribution in [0.4, 0.5) is 0 Å². The van der Waals surface area contributed by atoms with Crippen LogP contribution in [-0.2, 0) is 0 Å². The molecule has 0 unspecified atom stereocenters. The molecule has 11 heavy (non-hydrogen) atoms. The van der Waals surface area contributed by atoms with Gasteiger partial charge >= 0.3 is 0 Å². The largest absolute Gasteiger partial charge is 0.337 e. The van der Waals surface area contributed by atoms with E-state index in [0.717, 1.165) is 0 Å². The Bertz CT molecular complexity index is 121. The van der Waals surface area contributed by atoms with Gasteiger partial charge in [-0.2, -0.15) is 15.8 Å². The molecule has 0 aromatic heterocycles. The van der Waals surface area contributed by atoms with Crippen LogP contribution in [0, 0.1) is 34.1 Å². The Kier molecular flexibility index (Phi) is 954. The Hall–Kier alpha value is -1.81. The Labute approximate surface area is 67.4 Å². The maximum atomic E-state index is 7.26. The first-order chi connectivity index (χ1) is 4.33. The van der Waals surface area contributed by atoms with E-state index >= 15 is 0 Å². The zero-order valence-electron chi connectivity index (χ0n) is 4.57. The van der Waals surface area contributed by atoms with Crippen LogP contribution in [0.2, 0.25) is 0 Å². The highest BCUT2D eigenvalue weighted by atomic mass is 15.0. The number of nitriles is 3. The van der Waals surface area contributed by atoms with E-state index in [2.05, 4.69) is 17.4 Å². The number of nitrogens with zero attached hydrogens (tertiary/aromatic N) is 3. The first kappa shape index (κ1) is 35.1. The van der Waals surface area contributed by atoms with Gasteiger partial charge in [-0.25, -0.2) is 0 Å². The lowest BCUT2D eigenvalue weighted by molar-refractivity contribution is 1.26. The fourth-order valence-electron chi connectivity index (χ4n) is 0. The summed E-state index contributed by atoms with van der Waals surface area (Å²) in [5, 5.41) is 21.6. The molecule has 0 aromatic carbocycles. The van der Waals surface area contributed by atoms with Gasteiger partial charge in [0.1, 0.15) is 0 Å². The van der Waals surface area contributed by atoms with Crippen molar-refractivity contribution in [2.75, 3.05) is 0 Å². The summed E-state index contributed by atoms with van der Waals surface area (Å²) in [4.78, 5) is 0. The van der Waals surface area contributed by atoms with Gasteiger partial charge in [-0.15, -0.1) is 0 Å². The summed E-state index contributed by atoms with van der Waals surface area (Å²) in [5.74, 6) is 8.00. The summed E-state index contributed by atoms with van der Waals surface area (Å²) in [6.45, 7) is 0. The van der Waals surface area contributed by atoms with Crippen LogP contribution in [0.5, 0.6) is 0 Å². The predicted molar refractivity (Wildman–Crippen MR) is 42.9 cm³/mol. The summed E-state index contributed by atoms with van der Waals surface area (Å²) < 4.78 is 0. The van der Waals surface area contributed by atoms with Gasteiger partial charge in [0, 0.05) is 0 Å². The van der Waals surface area contributed by atoms with Gasteiger partial charge in [-0.3, -0.25) is 11.7 Å². The monoisotopic (exact) mass is 158 g/mol. The molecule has 64 valence electrons. The molecule has 0 radical (unpaired) electrons. The minimum absolute atomic E-state index is 0. The van der Waals surface area contributed by atoms with Crippen LogP contribution in [0.3, 0.4) is 0 Å². The third-order valence-corrected chi connectivity index (χ3v) is 0.0500. The topological polar surface area (TPSA) is 149 Å². The molecule has 0 atom stereocenters. The van der Waals surface area contributed by atoms with E-state index in [0.29, 0.717) is 0 Å². The van der Waals surface area contributed by atoms with E-state index in [-0.39, 0.29) is 14.9 Å². The summed E-state index contributed by atoms with van der Waals surface area (Å²) in [6, 6.07) is 2.47. The van der Waals surface area contributed by atoms with Crippen LogP contribution in [0.1, 0.15) is 14.9 Å².